The molecule has 1 aliphatic heterocycles. The first-order valence-electron chi connectivity index (χ1n) is 8.56. The highest BCUT2D eigenvalue weighted by atomic mass is 19.1. The molecule has 2 N–H and O–H groups in total. The van der Waals surface area contributed by atoms with Crippen LogP contribution in [0.2, 0.25) is 0 Å². The molecule has 0 aromatic heterocycles. The Morgan fingerprint density at radius 2 is 1.80 bits per heavy atom. The van der Waals surface area contributed by atoms with E-state index in [0.717, 1.165) is 0 Å². The van der Waals surface area contributed by atoms with Gasteiger partial charge in [0.05, 0.1) is 11.2 Å². The largest absolute Gasteiger partial charge is 0.494 e. The van der Waals surface area contributed by atoms with Crippen molar-refractivity contribution in [2.24, 2.45) is 5.92 Å². The van der Waals surface area contributed by atoms with Crippen molar-refractivity contribution >= 4 is 18.7 Å². The van der Waals surface area contributed by atoms with Gasteiger partial charge >= 0.3 is 13.2 Å². The number of rotatable bonds is 5. The quantitative estimate of drug-likeness (QED) is 0.800. The molecule has 5 nitrogen and oxygen atoms in total. The number of amides is 1. The average molecular weight is 351 g/mol. The summed E-state index contributed by atoms with van der Waals surface area (Å²) < 4.78 is 26.6. The zero-order valence-corrected chi connectivity index (χ0v) is 15.7. The molecule has 25 heavy (non-hydrogen) atoms. The molecule has 1 saturated heterocycles. The summed E-state index contributed by atoms with van der Waals surface area (Å²) in [4.78, 5) is 10.8. The Labute approximate surface area is 149 Å². The number of halogens is 1. The van der Waals surface area contributed by atoms with E-state index in [2.05, 4.69) is 5.32 Å². The van der Waals surface area contributed by atoms with Gasteiger partial charge in [-0.25, -0.2) is 9.18 Å². The third-order valence-electron chi connectivity index (χ3n) is 5.23. The first-order valence-corrected chi connectivity index (χ1v) is 8.56. The molecule has 1 aromatic rings. The lowest BCUT2D eigenvalue weighted by atomic mass is 9.77. The van der Waals surface area contributed by atoms with Gasteiger partial charge in [0.2, 0.25) is 0 Å². The average Bonchev–Trinajstić information content (AvgIpc) is 2.68. The van der Waals surface area contributed by atoms with E-state index in [1.54, 1.807) is 12.1 Å². The summed E-state index contributed by atoms with van der Waals surface area (Å²) in [5, 5.41) is 11.2. The van der Waals surface area contributed by atoms with E-state index in [-0.39, 0.29) is 24.2 Å². The molecule has 138 valence electrons. The summed E-state index contributed by atoms with van der Waals surface area (Å²) in [7, 11) is -0.622. The first kappa shape index (κ1) is 19.7. The van der Waals surface area contributed by atoms with E-state index in [0.29, 0.717) is 11.0 Å². The van der Waals surface area contributed by atoms with E-state index in [1.807, 2.05) is 41.5 Å². The summed E-state index contributed by atoms with van der Waals surface area (Å²) >= 11 is 0. The highest BCUT2D eigenvalue weighted by molar-refractivity contribution is 6.62. The normalized spacial score (nSPS) is 19.9. The predicted octanol–water partition coefficient (Wildman–Crippen LogP) is 3.13. The van der Waals surface area contributed by atoms with Gasteiger partial charge in [-0.3, -0.25) is 0 Å². The Bertz CT molecular complexity index is 632. The fourth-order valence-electron chi connectivity index (χ4n) is 2.87. The van der Waals surface area contributed by atoms with Gasteiger partial charge in [-0.15, -0.1) is 0 Å². The Morgan fingerprint density at radius 3 is 2.24 bits per heavy atom. The fraction of sp³-hybridized carbons (Fsp3) is 0.611. The van der Waals surface area contributed by atoms with Crippen molar-refractivity contribution in [1.29, 1.82) is 0 Å². The summed E-state index contributed by atoms with van der Waals surface area (Å²) in [5.74, 6) is -0.536. The number of hydrogen-bond acceptors (Lipinski definition) is 3. The molecule has 1 heterocycles. The molecule has 1 aliphatic rings. The van der Waals surface area contributed by atoms with Crippen LogP contribution in [0.4, 0.5) is 9.18 Å². The molecule has 0 spiro atoms. The molecule has 1 aromatic carbocycles. The maximum atomic E-state index is 14.7. The van der Waals surface area contributed by atoms with Gasteiger partial charge in [-0.05, 0) is 50.7 Å². The molecule has 1 amide bonds. The monoisotopic (exact) mass is 351 g/mol. The number of carbonyl (C=O) groups is 1. The van der Waals surface area contributed by atoms with Crippen molar-refractivity contribution in [2.75, 3.05) is 6.54 Å². The standard InChI is InChI=1S/C18H27BFNO4/c1-11(2)14(10-21-16(22)23)13-8-7-12(9-15(13)20)19-24-17(3,4)18(5,6)25-19/h7-9,11,14,21H,10H2,1-6H3,(H,22,23). The zero-order valence-electron chi connectivity index (χ0n) is 15.7. The van der Waals surface area contributed by atoms with E-state index in [9.17, 15) is 9.18 Å². The topological polar surface area (TPSA) is 67.8 Å². The summed E-state index contributed by atoms with van der Waals surface area (Å²) in [6, 6.07) is 4.91. The maximum absolute atomic E-state index is 14.7. The number of hydrogen-bond donors (Lipinski definition) is 2. The van der Waals surface area contributed by atoms with E-state index >= 15 is 0 Å². The van der Waals surface area contributed by atoms with Crippen LogP contribution in [0.1, 0.15) is 53.0 Å². The Kier molecular flexibility index (Phi) is 5.49. The zero-order chi connectivity index (χ0) is 19.0. The van der Waals surface area contributed by atoms with E-state index < -0.39 is 24.4 Å². The van der Waals surface area contributed by atoms with Gasteiger partial charge in [0.25, 0.3) is 0 Å². The third kappa shape index (κ3) is 4.15. The van der Waals surface area contributed by atoms with Crippen LogP contribution in [-0.4, -0.2) is 36.1 Å². The molecule has 1 unspecified atom stereocenters. The molecule has 0 aliphatic carbocycles. The Balaban J connectivity index is 2.24. The van der Waals surface area contributed by atoms with Crippen molar-refractivity contribution in [3.05, 3.63) is 29.6 Å². The van der Waals surface area contributed by atoms with Gasteiger partial charge in [0.1, 0.15) is 5.82 Å². The van der Waals surface area contributed by atoms with Crippen LogP contribution in [0.25, 0.3) is 0 Å². The van der Waals surface area contributed by atoms with Crippen LogP contribution >= 0.6 is 0 Å². The number of benzene rings is 1. The molecule has 0 saturated carbocycles. The lowest BCUT2D eigenvalue weighted by Gasteiger charge is -2.32. The van der Waals surface area contributed by atoms with Crippen molar-refractivity contribution < 1.29 is 23.6 Å². The van der Waals surface area contributed by atoms with Crippen molar-refractivity contribution in [2.45, 2.75) is 58.7 Å². The fourth-order valence-corrected chi connectivity index (χ4v) is 2.87. The second-order valence-corrected chi connectivity index (χ2v) is 7.91. The summed E-state index contributed by atoms with van der Waals surface area (Å²) in [5.41, 5.74) is 0.134. The minimum Gasteiger partial charge on any atom is -0.465 e. The van der Waals surface area contributed by atoms with Crippen molar-refractivity contribution in [1.82, 2.24) is 5.32 Å². The molecular formula is C18H27BFNO4. The molecule has 0 bridgehead atoms. The smallest absolute Gasteiger partial charge is 0.465 e. The van der Waals surface area contributed by atoms with Gasteiger partial charge in [0, 0.05) is 12.5 Å². The lowest BCUT2D eigenvalue weighted by Crippen LogP contribution is -2.41. The van der Waals surface area contributed by atoms with Crippen LogP contribution < -0.4 is 10.8 Å². The maximum Gasteiger partial charge on any atom is 0.494 e. The number of carboxylic acid groups (broad SMARTS) is 1. The Morgan fingerprint density at radius 1 is 1.24 bits per heavy atom. The van der Waals surface area contributed by atoms with Gasteiger partial charge in [-0.1, -0.05) is 26.0 Å². The van der Waals surface area contributed by atoms with Crippen LogP contribution in [0.3, 0.4) is 0 Å². The second kappa shape index (κ2) is 6.96. The highest BCUT2D eigenvalue weighted by Gasteiger charge is 2.51. The summed E-state index contributed by atoms with van der Waals surface area (Å²) in [6.45, 7) is 11.8. The van der Waals surface area contributed by atoms with Gasteiger partial charge < -0.3 is 19.7 Å². The molecule has 1 fully saturated rings. The van der Waals surface area contributed by atoms with Gasteiger partial charge in [-0.2, -0.15) is 0 Å². The van der Waals surface area contributed by atoms with Gasteiger partial charge in [0.15, 0.2) is 0 Å². The van der Waals surface area contributed by atoms with Crippen LogP contribution in [0, 0.1) is 11.7 Å². The minimum atomic E-state index is -1.11. The minimum absolute atomic E-state index is 0.0871. The van der Waals surface area contributed by atoms with Crippen LogP contribution in [0.15, 0.2) is 18.2 Å². The molecule has 2 rings (SSSR count). The number of nitrogens with one attached hydrogen (secondary N) is 1. The first-order chi connectivity index (χ1) is 11.4. The molecule has 0 radical (unpaired) electrons. The molecule has 1 atom stereocenters. The second-order valence-electron chi connectivity index (χ2n) is 7.91. The van der Waals surface area contributed by atoms with Crippen LogP contribution in [0.5, 0.6) is 0 Å². The van der Waals surface area contributed by atoms with Crippen molar-refractivity contribution in [3.63, 3.8) is 0 Å². The SMILES string of the molecule is CC(C)C(CNC(=O)O)c1ccc(B2OC(C)(C)C(C)(C)O2)cc1F. The van der Waals surface area contributed by atoms with Crippen LogP contribution in [-0.2, 0) is 9.31 Å². The van der Waals surface area contributed by atoms with E-state index in [4.69, 9.17) is 14.4 Å². The predicted molar refractivity (Wildman–Crippen MR) is 95.7 cm³/mol. The van der Waals surface area contributed by atoms with Crippen molar-refractivity contribution in [3.8, 4) is 0 Å². The third-order valence-corrected chi connectivity index (χ3v) is 5.23. The molecule has 7 heteroatoms. The Hall–Kier alpha value is -1.60. The lowest BCUT2D eigenvalue weighted by molar-refractivity contribution is 0.00578. The highest BCUT2D eigenvalue weighted by Crippen LogP contribution is 2.36. The molecular weight excluding hydrogens is 324 g/mol. The summed E-state index contributed by atoms with van der Waals surface area (Å²) in [6.07, 6.45) is -1.11. The van der Waals surface area contributed by atoms with E-state index in [1.165, 1.54) is 6.07 Å².